The minimum Gasteiger partial charge on any atom is -0.358 e. The van der Waals surface area contributed by atoms with Crippen molar-refractivity contribution in [3.8, 4) is 0 Å². The van der Waals surface area contributed by atoms with Crippen LogP contribution >= 0.6 is 0 Å². The smallest absolute Gasteiger partial charge is 0.239 e. The summed E-state index contributed by atoms with van der Waals surface area (Å²) in [5.41, 5.74) is 3.10. The van der Waals surface area contributed by atoms with Crippen molar-refractivity contribution in [3.63, 3.8) is 0 Å². The van der Waals surface area contributed by atoms with Crippen LogP contribution in [0.3, 0.4) is 0 Å². The van der Waals surface area contributed by atoms with Gasteiger partial charge < -0.3 is 20.5 Å². The van der Waals surface area contributed by atoms with Crippen LogP contribution in [0.15, 0.2) is 18.6 Å². The molecule has 0 aliphatic rings. The Kier molecular flexibility index (Phi) is 3.58. The molecule has 0 bridgehead atoms. The van der Waals surface area contributed by atoms with Crippen LogP contribution in [0.4, 0.5) is 11.6 Å². The molecule has 0 saturated heterocycles. The van der Waals surface area contributed by atoms with E-state index >= 15 is 0 Å². The van der Waals surface area contributed by atoms with Crippen LogP contribution in [0.25, 0.3) is 5.65 Å². The Morgan fingerprint density at radius 1 is 1.56 bits per heavy atom. The third kappa shape index (κ3) is 2.48. The van der Waals surface area contributed by atoms with Crippen molar-refractivity contribution in [2.75, 3.05) is 23.8 Å². The van der Waals surface area contributed by atoms with Crippen molar-refractivity contribution in [2.45, 2.75) is 6.92 Å². The summed E-state index contributed by atoms with van der Waals surface area (Å²) >= 11 is 0. The number of nitrogens with zero attached hydrogens (tertiary/aromatic N) is 3. The third-order valence-electron chi connectivity index (χ3n) is 2.31. The lowest BCUT2D eigenvalue weighted by atomic mass is 10.5. The zero-order valence-electron chi connectivity index (χ0n) is 9.97. The number of nitrogens with one attached hydrogen (secondary N) is 3. The van der Waals surface area contributed by atoms with Gasteiger partial charge in [-0.2, -0.15) is 0 Å². The van der Waals surface area contributed by atoms with E-state index in [-0.39, 0.29) is 12.5 Å². The van der Waals surface area contributed by atoms with Crippen molar-refractivity contribution in [1.82, 2.24) is 19.7 Å². The second-order valence-corrected chi connectivity index (χ2v) is 3.58. The van der Waals surface area contributed by atoms with E-state index in [1.165, 1.54) is 0 Å². The van der Waals surface area contributed by atoms with Gasteiger partial charge in [0.05, 0.1) is 12.7 Å². The first-order chi connectivity index (χ1) is 8.74. The van der Waals surface area contributed by atoms with Crippen molar-refractivity contribution < 1.29 is 4.79 Å². The SMILES string of the molecule is CCNC(=O)CNc1nc(NN)cn2ccnc12. The van der Waals surface area contributed by atoms with E-state index in [9.17, 15) is 4.79 Å². The Labute approximate surface area is 104 Å². The molecule has 2 aromatic heterocycles. The van der Waals surface area contributed by atoms with E-state index in [1.54, 1.807) is 23.0 Å². The zero-order valence-corrected chi connectivity index (χ0v) is 9.97. The Morgan fingerprint density at radius 3 is 3.11 bits per heavy atom. The van der Waals surface area contributed by atoms with Gasteiger partial charge in [0, 0.05) is 18.9 Å². The number of amides is 1. The molecule has 0 spiro atoms. The van der Waals surface area contributed by atoms with Gasteiger partial charge in [-0.15, -0.1) is 0 Å². The summed E-state index contributed by atoms with van der Waals surface area (Å²) in [6.07, 6.45) is 5.13. The van der Waals surface area contributed by atoms with Crippen LogP contribution in [0.1, 0.15) is 6.92 Å². The predicted molar refractivity (Wildman–Crippen MR) is 68.0 cm³/mol. The molecule has 8 nitrogen and oxygen atoms in total. The third-order valence-corrected chi connectivity index (χ3v) is 2.31. The molecule has 0 unspecified atom stereocenters. The second kappa shape index (κ2) is 5.32. The Bertz CT molecular complexity index is 550. The summed E-state index contributed by atoms with van der Waals surface area (Å²) in [6.45, 7) is 2.59. The predicted octanol–water partition coefficient (Wildman–Crippen LogP) is -0.437. The van der Waals surface area contributed by atoms with Gasteiger partial charge in [0.1, 0.15) is 0 Å². The number of carbonyl (C=O) groups excluding carboxylic acids is 1. The number of nitrogen functional groups attached to an aromatic ring is 1. The number of hydrazine groups is 1. The highest BCUT2D eigenvalue weighted by Gasteiger charge is 2.08. The molecule has 2 heterocycles. The number of likely N-dealkylation sites (N-methyl/N-ethyl adjacent to an activating group) is 1. The molecule has 2 aromatic rings. The van der Waals surface area contributed by atoms with Gasteiger partial charge in [0.25, 0.3) is 0 Å². The maximum absolute atomic E-state index is 11.4. The largest absolute Gasteiger partial charge is 0.358 e. The van der Waals surface area contributed by atoms with E-state index < -0.39 is 0 Å². The summed E-state index contributed by atoms with van der Waals surface area (Å²) < 4.78 is 1.77. The maximum Gasteiger partial charge on any atom is 0.239 e. The number of anilines is 2. The molecule has 0 saturated carbocycles. The monoisotopic (exact) mass is 249 g/mol. The maximum atomic E-state index is 11.4. The molecular weight excluding hydrogens is 234 g/mol. The van der Waals surface area contributed by atoms with E-state index in [0.717, 1.165) is 0 Å². The molecule has 0 aliphatic heterocycles. The molecule has 5 N–H and O–H groups in total. The summed E-state index contributed by atoms with van der Waals surface area (Å²) in [5.74, 6) is 6.21. The standard InChI is InChI=1S/C10H15N7O/c1-2-12-8(18)5-14-9-10-13-3-4-17(10)6-7(15-9)16-11/h3-4,6,16H,2,5,11H2,1H3,(H,12,18)(H,14,15). The number of rotatable bonds is 5. The topological polar surface area (TPSA) is 109 Å². The van der Waals surface area contributed by atoms with Gasteiger partial charge in [0.15, 0.2) is 17.3 Å². The first-order valence-electron chi connectivity index (χ1n) is 5.55. The number of imidazole rings is 1. The van der Waals surface area contributed by atoms with E-state index in [2.05, 4.69) is 26.0 Å². The number of aromatic nitrogens is 3. The van der Waals surface area contributed by atoms with Crippen molar-refractivity contribution in [3.05, 3.63) is 18.6 Å². The summed E-state index contributed by atoms with van der Waals surface area (Å²) in [5, 5.41) is 5.62. The Hall–Kier alpha value is -2.35. The fourth-order valence-electron chi connectivity index (χ4n) is 1.54. The minimum absolute atomic E-state index is 0.102. The molecule has 96 valence electrons. The molecule has 0 fully saturated rings. The van der Waals surface area contributed by atoms with Gasteiger partial charge in [-0.05, 0) is 6.92 Å². The molecule has 0 aromatic carbocycles. The number of hydrogen-bond acceptors (Lipinski definition) is 6. The number of carbonyl (C=O) groups is 1. The number of hydrogen-bond donors (Lipinski definition) is 4. The molecule has 1 amide bonds. The summed E-state index contributed by atoms with van der Waals surface area (Å²) in [6, 6.07) is 0. The molecule has 18 heavy (non-hydrogen) atoms. The number of fused-ring (bicyclic) bond motifs is 1. The van der Waals surface area contributed by atoms with E-state index in [0.29, 0.717) is 23.8 Å². The van der Waals surface area contributed by atoms with Crippen LogP contribution < -0.4 is 21.9 Å². The Balaban J connectivity index is 2.20. The lowest BCUT2D eigenvalue weighted by Gasteiger charge is -2.09. The summed E-state index contributed by atoms with van der Waals surface area (Å²) in [7, 11) is 0. The molecule has 8 heteroatoms. The summed E-state index contributed by atoms with van der Waals surface area (Å²) in [4.78, 5) is 19.7. The average molecular weight is 249 g/mol. The normalized spacial score (nSPS) is 10.3. The Morgan fingerprint density at radius 2 is 2.39 bits per heavy atom. The van der Waals surface area contributed by atoms with Gasteiger partial charge >= 0.3 is 0 Å². The van der Waals surface area contributed by atoms with E-state index in [1.807, 2.05) is 6.92 Å². The van der Waals surface area contributed by atoms with Crippen LogP contribution in [0, 0.1) is 0 Å². The highest BCUT2D eigenvalue weighted by molar-refractivity contribution is 5.81. The fraction of sp³-hybridized carbons (Fsp3) is 0.300. The van der Waals surface area contributed by atoms with Gasteiger partial charge in [-0.25, -0.2) is 15.8 Å². The quantitative estimate of drug-likeness (QED) is 0.422. The molecule has 0 radical (unpaired) electrons. The first-order valence-corrected chi connectivity index (χ1v) is 5.55. The van der Waals surface area contributed by atoms with Crippen molar-refractivity contribution in [1.29, 1.82) is 0 Å². The second-order valence-electron chi connectivity index (χ2n) is 3.58. The van der Waals surface area contributed by atoms with Gasteiger partial charge in [0.2, 0.25) is 5.91 Å². The van der Waals surface area contributed by atoms with Crippen LogP contribution in [0.2, 0.25) is 0 Å². The fourth-order valence-corrected chi connectivity index (χ4v) is 1.54. The highest BCUT2D eigenvalue weighted by atomic mass is 16.1. The van der Waals surface area contributed by atoms with Gasteiger partial charge in [-0.1, -0.05) is 0 Å². The van der Waals surface area contributed by atoms with Crippen LogP contribution in [-0.2, 0) is 4.79 Å². The number of nitrogens with two attached hydrogens (primary N) is 1. The average Bonchev–Trinajstić information content (AvgIpc) is 2.84. The first kappa shape index (κ1) is 12.1. The molecule has 0 aliphatic carbocycles. The molecular formula is C10H15N7O. The minimum atomic E-state index is -0.102. The van der Waals surface area contributed by atoms with Gasteiger partial charge in [-0.3, -0.25) is 4.79 Å². The van der Waals surface area contributed by atoms with Crippen molar-refractivity contribution in [2.24, 2.45) is 5.84 Å². The lowest BCUT2D eigenvalue weighted by Crippen LogP contribution is -2.29. The zero-order chi connectivity index (χ0) is 13.0. The lowest BCUT2D eigenvalue weighted by molar-refractivity contribution is -0.119. The van der Waals surface area contributed by atoms with Crippen LogP contribution in [-0.4, -0.2) is 33.4 Å². The van der Waals surface area contributed by atoms with E-state index in [4.69, 9.17) is 5.84 Å². The van der Waals surface area contributed by atoms with Crippen molar-refractivity contribution >= 4 is 23.2 Å². The molecule has 0 atom stereocenters. The highest BCUT2D eigenvalue weighted by Crippen LogP contribution is 2.15. The molecule has 2 rings (SSSR count). The van der Waals surface area contributed by atoms with Crippen LogP contribution in [0.5, 0.6) is 0 Å².